The van der Waals surface area contributed by atoms with E-state index in [1.54, 1.807) is 0 Å². The minimum absolute atomic E-state index is 0.260. The summed E-state index contributed by atoms with van der Waals surface area (Å²) in [5, 5.41) is 0. The highest BCUT2D eigenvalue weighted by atomic mass is 79.9. The Morgan fingerprint density at radius 1 is 1.73 bits per heavy atom. The van der Waals surface area contributed by atoms with E-state index in [4.69, 9.17) is 0 Å². The third kappa shape index (κ3) is 1.25. The van der Waals surface area contributed by atoms with Gasteiger partial charge in [0.05, 0.1) is 6.54 Å². The number of nitrogens with zero attached hydrogens (tertiary/aromatic N) is 2. The van der Waals surface area contributed by atoms with E-state index >= 15 is 0 Å². The number of aliphatic imine (C=N–C) groups is 1. The predicted molar refractivity (Wildman–Crippen MR) is 49.8 cm³/mol. The van der Waals surface area contributed by atoms with Gasteiger partial charge in [-0.25, -0.2) is 0 Å². The molecule has 0 aromatic rings. The summed E-state index contributed by atoms with van der Waals surface area (Å²) >= 11 is 3.43. The van der Waals surface area contributed by atoms with Crippen LogP contribution in [-0.2, 0) is 0 Å². The number of fused-ring (bicyclic) bond motifs is 1. The van der Waals surface area contributed by atoms with Crippen LogP contribution < -0.4 is 0 Å². The van der Waals surface area contributed by atoms with Crippen LogP contribution in [0.4, 0.5) is 0 Å². The Morgan fingerprint density at radius 2 is 2.55 bits per heavy atom. The minimum Gasteiger partial charge on any atom is -0.346 e. The lowest BCUT2D eigenvalue weighted by Crippen LogP contribution is -2.25. The Balaban J connectivity index is 2.25. The van der Waals surface area contributed by atoms with E-state index in [1.165, 1.54) is 5.71 Å². The van der Waals surface area contributed by atoms with Crippen molar-refractivity contribution >= 4 is 21.6 Å². The molecule has 2 aliphatic heterocycles. The number of rotatable bonds is 0. The van der Waals surface area contributed by atoms with Crippen molar-refractivity contribution in [3.63, 3.8) is 0 Å². The highest BCUT2D eigenvalue weighted by Crippen LogP contribution is 2.21. The van der Waals surface area contributed by atoms with E-state index in [2.05, 4.69) is 45.0 Å². The van der Waals surface area contributed by atoms with E-state index in [-0.39, 0.29) is 6.17 Å². The summed E-state index contributed by atoms with van der Waals surface area (Å²) < 4.78 is 1.12. The second-order valence-electron chi connectivity index (χ2n) is 2.82. The Bertz CT molecular complexity index is 265. The maximum Gasteiger partial charge on any atom is 0.140 e. The van der Waals surface area contributed by atoms with Gasteiger partial charge < -0.3 is 4.90 Å². The fourth-order valence-corrected chi connectivity index (χ4v) is 1.77. The molecule has 1 atom stereocenters. The second kappa shape index (κ2) is 2.48. The van der Waals surface area contributed by atoms with Gasteiger partial charge in [-0.1, -0.05) is 0 Å². The van der Waals surface area contributed by atoms with Gasteiger partial charge in [-0.2, -0.15) is 0 Å². The first-order valence-corrected chi connectivity index (χ1v) is 4.39. The molecule has 0 aromatic heterocycles. The Labute approximate surface area is 74.4 Å². The Kier molecular flexibility index (Phi) is 1.60. The molecule has 2 nitrogen and oxygen atoms in total. The van der Waals surface area contributed by atoms with E-state index in [1.807, 2.05) is 6.08 Å². The van der Waals surface area contributed by atoms with Gasteiger partial charge in [0.2, 0.25) is 0 Å². The molecule has 2 heterocycles. The molecular weight excluding hydrogens is 204 g/mol. The van der Waals surface area contributed by atoms with Crippen molar-refractivity contribution in [3.05, 3.63) is 22.8 Å². The van der Waals surface area contributed by atoms with Crippen molar-refractivity contribution in [2.24, 2.45) is 4.99 Å². The van der Waals surface area contributed by atoms with E-state index in [0.717, 1.165) is 11.0 Å². The monoisotopic (exact) mass is 212 g/mol. The van der Waals surface area contributed by atoms with Crippen LogP contribution in [0.1, 0.15) is 6.92 Å². The maximum absolute atomic E-state index is 4.44. The first-order valence-electron chi connectivity index (χ1n) is 3.60. The van der Waals surface area contributed by atoms with Crippen LogP contribution in [0.2, 0.25) is 0 Å². The summed E-state index contributed by atoms with van der Waals surface area (Å²) in [5.74, 6) is 0. The third-order valence-corrected chi connectivity index (χ3v) is 2.29. The molecule has 2 rings (SSSR count). The molecule has 0 amide bonds. The summed E-state index contributed by atoms with van der Waals surface area (Å²) in [4.78, 5) is 6.64. The predicted octanol–water partition coefficient (Wildman–Crippen LogP) is 1.90. The zero-order chi connectivity index (χ0) is 7.84. The van der Waals surface area contributed by atoms with Crippen LogP contribution in [0, 0.1) is 0 Å². The summed E-state index contributed by atoms with van der Waals surface area (Å²) in [7, 11) is 0. The highest BCUT2D eigenvalue weighted by molar-refractivity contribution is 9.11. The van der Waals surface area contributed by atoms with Crippen molar-refractivity contribution in [3.8, 4) is 0 Å². The molecule has 0 radical (unpaired) electrons. The van der Waals surface area contributed by atoms with Crippen LogP contribution in [0.3, 0.4) is 0 Å². The third-order valence-electron chi connectivity index (χ3n) is 1.82. The number of halogens is 1. The quantitative estimate of drug-likeness (QED) is 0.600. The van der Waals surface area contributed by atoms with Crippen molar-refractivity contribution in [2.45, 2.75) is 13.1 Å². The van der Waals surface area contributed by atoms with Gasteiger partial charge in [0.1, 0.15) is 6.17 Å². The topological polar surface area (TPSA) is 15.6 Å². The zero-order valence-electron chi connectivity index (χ0n) is 6.29. The smallest absolute Gasteiger partial charge is 0.140 e. The van der Waals surface area contributed by atoms with Gasteiger partial charge in [0, 0.05) is 16.4 Å². The SMILES string of the molecule is CC1=NC2C=CC(Br)=CN2C1. The lowest BCUT2D eigenvalue weighted by molar-refractivity contribution is 0.393. The van der Waals surface area contributed by atoms with E-state index < -0.39 is 0 Å². The van der Waals surface area contributed by atoms with Gasteiger partial charge in [-0.3, -0.25) is 4.99 Å². The molecule has 0 spiro atoms. The van der Waals surface area contributed by atoms with Crippen LogP contribution >= 0.6 is 15.9 Å². The summed E-state index contributed by atoms with van der Waals surface area (Å²) in [6.07, 6.45) is 6.49. The zero-order valence-corrected chi connectivity index (χ0v) is 7.87. The molecule has 2 aliphatic rings. The minimum atomic E-state index is 0.260. The number of hydrogen-bond acceptors (Lipinski definition) is 2. The van der Waals surface area contributed by atoms with Crippen LogP contribution in [0.5, 0.6) is 0 Å². The number of allylic oxidation sites excluding steroid dienone is 2. The van der Waals surface area contributed by atoms with Crippen molar-refractivity contribution in [1.29, 1.82) is 0 Å². The highest BCUT2D eigenvalue weighted by Gasteiger charge is 2.21. The van der Waals surface area contributed by atoms with Gasteiger partial charge in [-0.05, 0) is 35.0 Å². The van der Waals surface area contributed by atoms with Crippen molar-refractivity contribution in [1.82, 2.24) is 4.90 Å². The average molecular weight is 213 g/mol. The molecule has 3 heteroatoms. The maximum atomic E-state index is 4.44. The summed E-state index contributed by atoms with van der Waals surface area (Å²) in [6, 6.07) is 0. The Morgan fingerprint density at radius 3 is 3.36 bits per heavy atom. The molecule has 11 heavy (non-hydrogen) atoms. The van der Waals surface area contributed by atoms with E-state index in [9.17, 15) is 0 Å². The van der Waals surface area contributed by atoms with Crippen LogP contribution in [0.25, 0.3) is 0 Å². The van der Waals surface area contributed by atoms with E-state index in [0.29, 0.717) is 0 Å². The van der Waals surface area contributed by atoms with Gasteiger partial charge in [0.15, 0.2) is 0 Å². The standard InChI is InChI=1S/C8H9BrN2/c1-6-4-11-5-7(9)2-3-8(11)10-6/h2-3,5,8H,4H2,1H3. The van der Waals surface area contributed by atoms with Crippen molar-refractivity contribution in [2.75, 3.05) is 6.54 Å². The summed E-state index contributed by atoms with van der Waals surface area (Å²) in [5.41, 5.74) is 1.21. The number of hydrogen-bond donors (Lipinski definition) is 0. The van der Waals surface area contributed by atoms with Gasteiger partial charge in [-0.15, -0.1) is 0 Å². The molecule has 0 saturated heterocycles. The van der Waals surface area contributed by atoms with Gasteiger partial charge in [0.25, 0.3) is 0 Å². The lowest BCUT2D eigenvalue weighted by atomic mass is 10.3. The molecule has 0 N–H and O–H groups in total. The second-order valence-corrected chi connectivity index (χ2v) is 3.74. The molecular formula is C8H9BrN2. The molecule has 58 valence electrons. The van der Waals surface area contributed by atoms with Crippen LogP contribution in [0.15, 0.2) is 27.8 Å². The summed E-state index contributed by atoms with van der Waals surface area (Å²) in [6.45, 7) is 3.03. The molecule has 0 aliphatic carbocycles. The first-order chi connectivity index (χ1) is 5.25. The first kappa shape index (κ1) is 7.10. The largest absolute Gasteiger partial charge is 0.346 e. The normalized spacial score (nSPS) is 28.2. The molecule has 1 unspecified atom stereocenters. The fourth-order valence-electron chi connectivity index (χ4n) is 1.35. The fraction of sp³-hybridized carbons (Fsp3) is 0.375. The van der Waals surface area contributed by atoms with Crippen molar-refractivity contribution < 1.29 is 0 Å². The lowest BCUT2D eigenvalue weighted by Gasteiger charge is -2.21. The molecule has 0 aromatic carbocycles. The molecule has 0 saturated carbocycles. The van der Waals surface area contributed by atoms with Gasteiger partial charge >= 0.3 is 0 Å². The Hall–Kier alpha value is -0.570. The van der Waals surface area contributed by atoms with Crippen LogP contribution in [-0.4, -0.2) is 23.3 Å². The average Bonchev–Trinajstić information content (AvgIpc) is 2.27. The molecule has 0 bridgehead atoms. The molecule has 0 fully saturated rings.